The van der Waals surface area contributed by atoms with Crippen LogP contribution in [0.4, 0.5) is 0 Å². The first kappa shape index (κ1) is 13.8. The summed E-state index contributed by atoms with van der Waals surface area (Å²) in [7, 11) is 0. The van der Waals surface area contributed by atoms with Gasteiger partial charge in [0, 0.05) is 11.1 Å². The van der Waals surface area contributed by atoms with E-state index in [9.17, 15) is 0 Å². The Morgan fingerprint density at radius 2 is 1.95 bits per heavy atom. The zero-order valence-electron chi connectivity index (χ0n) is 12.1. The van der Waals surface area contributed by atoms with Gasteiger partial charge in [0.1, 0.15) is 0 Å². The third-order valence-corrected chi connectivity index (χ3v) is 3.30. The molecule has 0 spiro atoms. The van der Waals surface area contributed by atoms with Crippen molar-refractivity contribution in [2.45, 2.75) is 39.2 Å². The largest absolute Gasteiger partial charge is 0.330 e. The highest BCUT2D eigenvalue weighted by atomic mass is 15.1. The van der Waals surface area contributed by atoms with Gasteiger partial charge in [-0.05, 0) is 45.7 Å². The monoisotopic (exact) mass is 257 g/mol. The number of benzene rings is 1. The Balaban J connectivity index is 2.45. The number of nitrogens with two attached hydrogens (primary N) is 1. The molecule has 1 heterocycles. The highest BCUT2D eigenvalue weighted by molar-refractivity contribution is 5.64. The highest BCUT2D eigenvalue weighted by Gasteiger charge is 2.18. The van der Waals surface area contributed by atoms with Crippen molar-refractivity contribution in [2.75, 3.05) is 6.54 Å². The van der Waals surface area contributed by atoms with E-state index >= 15 is 0 Å². The van der Waals surface area contributed by atoms with Crippen molar-refractivity contribution in [1.82, 2.24) is 9.55 Å². The van der Waals surface area contributed by atoms with E-state index in [4.69, 9.17) is 5.73 Å². The van der Waals surface area contributed by atoms with Gasteiger partial charge in [-0.1, -0.05) is 24.3 Å². The number of hydrogen-bond acceptors (Lipinski definition) is 2. The minimum absolute atomic E-state index is 0.0345. The van der Waals surface area contributed by atoms with Gasteiger partial charge >= 0.3 is 0 Å². The van der Waals surface area contributed by atoms with Crippen LogP contribution in [0.1, 0.15) is 32.8 Å². The third-order valence-electron chi connectivity index (χ3n) is 3.30. The second-order valence-electron chi connectivity index (χ2n) is 5.87. The van der Waals surface area contributed by atoms with Crippen molar-refractivity contribution < 1.29 is 0 Å². The van der Waals surface area contributed by atoms with Crippen LogP contribution in [0.3, 0.4) is 0 Å². The van der Waals surface area contributed by atoms with Crippen molar-refractivity contribution in [3.8, 4) is 11.3 Å². The smallest absolute Gasteiger partial charge is 0.0955 e. The normalized spacial score (nSPS) is 11.8. The standard InChI is InChI=1S/C16H23N3/c1-16(2,3)19-12-18-11-15(19)14-9-5-4-7-13(14)8-6-10-17/h4-5,7,9,11-12H,6,8,10,17H2,1-3H3. The topological polar surface area (TPSA) is 43.8 Å². The summed E-state index contributed by atoms with van der Waals surface area (Å²) in [5, 5.41) is 0. The molecule has 2 rings (SSSR count). The van der Waals surface area contributed by atoms with E-state index in [1.807, 2.05) is 12.5 Å². The van der Waals surface area contributed by atoms with E-state index in [-0.39, 0.29) is 5.54 Å². The summed E-state index contributed by atoms with van der Waals surface area (Å²) in [6.07, 6.45) is 5.89. The molecule has 0 amide bonds. The fourth-order valence-electron chi connectivity index (χ4n) is 2.31. The number of aryl methyl sites for hydroxylation is 1. The zero-order chi connectivity index (χ0) is 13.9. The summed E-state index contributed by atoms with van der Waals surface area (Å²) >= 11 is 0. The van der Waals surface area contributed by atoms with E-state index in [1.54, 1.807) is 0 Å². The summed E-state index contributed by atoms with van der Waals surface area (Å²) in [5.41, 5.74) is 9.46. The lowest BCUT2D eigenvalue weighted by Crippen LogP contribution is -2.21. The lowest BCUT2D eigenvalue weighted by Gasteiger charge is -2.24. The molecule has 2 aromatic rings. The molecule has 2 N–H and O–H groups in total. The van der Waals surface area contributed by atoms with E-state index in [0.29, 0.717) is 0 Å². The first-order valence-corrected chi connectivity index (χ1v) is 6.85. The number of imidazole rings is 1. The molecule has 0 atom stereocenters. The molecule has 102 valence electrons. The lowest BCUT2D eigenvalue weighted by molar-refractivity contribution is 0.400. The molecule has 0 fully saturated rings. The fourth-order valence-corrected chi connectivity index (χ4v) is 2.31. The van der Waals surface area contributed by atoms with E-state index in [2.05, 4.69) is 54.6 Å². The molecule has 0 aliphatic rings. The van der Waals surface area contributed by atoms with Crippen LogP contribution >= 0.6 is 0 Å². The number of nitrogens with zero attached hydrogens (tertiary/aromatic N) is 2. The van der Waals surface area contributed by atoms with Gasteiger partial charge in [0.05, 0.1) is 18.2 Å². The molecular weight excluding hydrogens is 234 g/mol. The van der Waals surface area contributed by atoms with Gasteiger partial charge in [0.25, 0.3) is 0 Å². The quantitative estimate of drug-likeness (QED) is 0.914. The minimum atomic E-state index is 0.0345. The van der Waals surface area contributed by atoms with Crippen LogP contribution < -0.4 is 5.73 Å². The zero-order valence-corrected chi connectivity index (χ0v) is 12.1. The van der Waals surface area contributed by atoms with Crippen molar-refractivity contribution in [3.63, 3.8) is 0 Å². The maximum Gasteiger partial charge on any atom is 0.0955 e. The second-order valence-corrected chi connectivity index (χ2v) is 5.87. The SMILES string of the molecule is CC(C)(C)n1cncc1-c1ccccc1CCCN. The van der Waals surface area contributed by atoms with Crippen molar-refractivity contribution >= 4 is 0 Å². The van der Waals surface area contributed by atoms with Gasteiger partial charge in [-0.25, -0.2) is 4.98 Å². The van der Waals surface area contributed by atoms with Gasteiger partial charge in [0.2, 0.25) is 0 Å². The molecule has 1 aromatic carbocycles. The summed E-state index contributed by atoms with van der Waals surface area (Å²) in [5.74, 6) is 0. The van der Waals surface area contributed by atoms with E-state index < -0.39 is 0 Å². The van der Waals surface area contributed by atoms with Crippen LogP contribution in [0.5, 0.6) is 0 Å². The molecule has 0 aliphatic heterocycles. The average Bonchev–Trinajstić information content (AvgIpc) is 2.85. The second kappa shape index (κ2) is 5.57. The van der Waals surface area contributed by atoms with Crippen LogP contribution in [0.15, 0.2) is 36.8 Å². The first-order valence-electron chi connectivity index (χ1n) is 6.85. The first-order chi connectivity index (χ1) is 9.04. The maximum atomic E-state index is 5.63. The third kappa shape index (κ3) is 3.04. The molecule has 0 radical (unpaired) electrons. The van der Waals surface area contributed by atoms with Crippen LogP contribution in [-0.4, -0.2) is 16.1 Å². The summed E-state index contributed by atoms with van der Waals surface area (Å²) in [4.78, 5) is 4.32. The van der Waals surface area contributed by atoms with Gasteiger partial charge in [-0.15, -0.1) is 0 Å². The summed E-state index contributed by atoms with van der Waals surface area (Å²) < 4.78 is 2.23. The van der Waals surface area contributed by atoms with Crippen molar-refractivity contribution in [3.05, 3.63) is 42.4 Å². The van der Waals surface area contributed by atoms with E-state index in [0.717, 1.165) is 19.4 Å². The molecule has 3 heteroatoms. The fraction of sp³-hybridized carbons (Fsp3) is 0.438. The van der Waals surface area contributed by atoms with Crippen LogP contribution in [0, 0.1) is 0 Å². The van der Waals surface area contributed by atoms with Crippen molar-refractivity contribution in [2.24, 2.45) is 5.73 Å². The Morgan fingerprint density at radius 3 is 2.63 bits per heavy atom. The number of rotatable bonds is 4. The van der Waals surface area contributed by atoms with Gasteiger partial charge in [-0.3, -0.25) is 0 Å². The highest BCUT2D eigenvalue weighted by Crippen LogP contribution is 2.28. The lowest BCUT2D eigenvalue weighted by atomic mass is 9.99. The van der Waals surface area contributed by atoms with Crippen molar-refractivity contribution in [1.29, 1.82) is 0 Å². The molecule has 1 aromatic heterocycles. The molecular formula is C16H23N3. The molecule has 0 aliphatic carbocycles. The molecule has 0 unspecified atom stereocenters. The van der Waals surface area contributed by atoms with Gasteiger partial charge < -0.3 is 10.3 Å². The molecule has 19 heavy (non-hydrogen) atoms. The van der Waals surface area contributed by atoms with Gasteiger partial charge in [-0.2, -0.15) is 0 Å². The molecule has 3 nitrogen and oxygen atoms in total. The van der Waals surface area contributed by atoms with E-state index in [1.165, 1.54) is 16.8 Å². The molecule has 0 bridgehead atoms. The molecule has 0 saturated carbocycles. The Morgan fingerprint density at radius 1 is 1.21 bits per heavy atom. The molecule has 0 saturated heterocycles. The summed E-state index contributed by atoms with van der Waals surface area (Å²) in [6, 6.07) is 8.53. The Labute approximate surface area is 115 Å². The number of hydrogen-bond donors (Lipinski definition) is 1. The van der Waals surface area contributed by atoms with Gasteiger partial charge in [0.15, 0.2) is 0 Å². The van der Waals surface area contributed by atoms with Crippen LogP contribution in [-0.2, 0) is 12.0 Å². The predicted molar refractivity (Wildman–Crippen MR) is 80.0 cm³/mol. The minimum Gasteiger partial charge on any atom is -0.330 e. The van der Waals surface area contributed by atoms with Crippen LogP contribution in [0.2, 0.25) is 0 Å². The number of aromatic nitrogens is 2. The Bertz CT molecular complexity index is 535. The Hall–Kier alpha value is -1.61. The average molecular weight is 257 g/mol. The predicted octanol–water partition coefficient (Wildman–Crippen LogP) is 3.20. The maximum absolute atomic E-state index is 5.63. The Kier molecular flexibility index (Phi) is 4.05. The van der Waals surface area contributed by atoms with Crippen LogP contribution in [0.25, 0.3) is 11.3 Å². The summed E-state index contributed by atoms with van der Waals surface area (Å²) in [6.45, 7) is 7.31.